The Morgan fingerprint density at radius 1 is 0.282 bits per heavy atom. The molecule has 0 aliphatic rings. The van der Waals surface area contributed by atoms with Gasteiger partial charge >= 0.3 is 39.5 Å². The van der Waals surface area contributed by atoms with Gasteiger partial charge in [-0.3, -0.25) is 37.3 Å². The first kappa shape index (κ1) is 101. The number of carbonyl (C=O) groups is 4. The Labute approximate surface area is 632 Å². The SMILES string of the molecule is CCCCCCCCCCCCCCCCCCC(=O)OC[C@H](COP(=O)(O)OC[C@@H](O)COP(=O)(O)OC[C@@H](COC(=O)CCCCCCCCC(C)CC)OC(=O)CCCCCCCCCCCCCCCCCC)OC(=O)CCCCCCCCCCCCCCCCCCCCC(C)C. The molecular weight excluding hydrogens is 1340 g/mol. The first-order chi connectivity index (χ1) is 49.9. The summed E-state index contributed by atoms with van der Waals surface area (Å²) in [4.78, 5) is 73.1. The molecule has 19 heteroatoms. The molecule has 0 aliphatic carbocycles. The highest BCUT2D eigenvalue weighted by atomic mass is 31.2. The van der Waals surface area contributed by atoms with Crippen LogP contribution in [-0.4, -0.2) is 96.7 Å². The minimum absolute atomic E-state index is 0.108. The summed E-state index contributed by atoms with van der Waals surface area (Å²) in [6, 6.07) is 0. The molecule has 0 rings (SSSR count). The van der Waals surface area contributed by atoms with Crippen LogP contribution in [-0.2, 0) is 65.4 Å². The van der Waals surface area contributed by atoms with Crippen molar-refractivity contribution in [1.29, 1.82) is 0 Å². The molecular formula is C84H164O17P2. The van der Waals surface area contributed by atoms with Crippen molar-refractivity contribution in [2.24, 2.45) is 11.8 Å². The van der Waals surface area contributed by atoms with Crippen molar-refractivity contribution >= 4 is 39.5 Å². The molecule has 0 aromatic rings. The maximum atomic E-state index is 13.1. The predicted molar refractivity (Wildman–Crippen MR) is 423 cm³/mol. The lowest BCUT2D eigenvalue weighted by Gasteiger charge is -2.21. The second-order valence-electron chi connectivity index (χ2n) is 30.9. The number of carbonyl (C=O) groups excluding carboxylic acids is 4. The van der Waals surface area contributed by atoms with Crippen LogP contribution in [0, 0.1) is 11.8 Å². The monoisotopic (exact) mass is 1510 g/mol. The number of rotatable bonds is 83. The van der Waals surface area contributed by atoms with E-state index in [1.807, 2.05) is 0 Å². The molecule has 3 unspecified atom stereocenters. The first-order valence-electron chi connectivity index (χ1n) is 43.5. The lowest BCUT2D eigenvalue weighted by Crippen LogP contribution is -2.30. The normalized spacial score (nSPS) is 14.1. The molecule has 0 bridgehead atoms. The Morgan fingerprint density at radius 2 is 0.495 bits per heavy atom. The average molecular weight is 1510 g/mol. The van der Waals surface area contributed by atoms with Gasteiger partial charge in [0, 0.05) is 25.7 Å². The Balaban J connectivity index is 5.23. The first-order valence-corrected chi connectivity index (χ1v) is 46.5. The van der Waals surface area contributed by atoms with Crippen molar-refractivity contribution < 1.29 is 80.2 Å². The Morgan fingerprint density at radius 3 is 0.738 bits per heavy atom. The summed E-state index contributed by atoms with van der Waals surface area (Å²) < 4.78 is 68.8. The van der Waals surface area contributed by atoms with Gasteiger partial charge in [-0.1, -0.05) is 395 Å². The highest BCUT2D eigenvalue weighted by molar-refractivity contribution is 7.47. The zero-order valence-electron chi connectivity index (χ0n) is 67.6. The van der Waals surface area contributed by atoms with Crippen LogP contribution in [0.25, 0.3) is 0 Å². The van der Waals surface area contributed by atoms with Crippen molar-refractivity contribution in [3.63, 3.8) is 0 Å². The summed E-state index contributed by atoms with van der Waals surface area (Å²) in [5.41, 5.74) is 0. The summed E-state index contributed by atoms with van der Waals surface area (Å²) >= 11 is 0. The lowest BCUT2D eigenvalue weighted by atomic mass is 10.00. The van der Waals surface area contributed by atoms with Gasteiger partial charge in [0.15, 0.2) is 12.2 Å². The fourth-order valence-corrected chi connectivity index (χ4v) is 14.6. The van der Waals surface area contributed by atoms with Gasteiger partial charge in [0.1, 0.15) is 19.3 Å². The Hall–Kier alpha value is -1.94. The molecule has 0 radical (unpaired) electrons. The number of hydrogen-bond acceptors (Lipinski definition) is 15. The van der Waals surface area contributed by atoms with Crippen LogP contribution < -0.4 is 0 Å². The van der Waals surface area contributed by atoms with Crippen LogP contribution in [0.5, 0.6) is 0 Å². The van der Waals surface area contributed by atoms with Gasteiger partial charge in [-0.2, -0.15) is 0 Å². The van der Waals surface area contributed by atoms with E-state index in [1.54, 1.807) is 0 Å². The van der Waals surface area contributed by atoms with Crippen molar-refractivity contribution in [3.05, 3.63) is 0 Å². The van der Waals surface area contributed by atoms with E-state index in [2.05, 4.69) is 41.5 Å². The number of hydrogen-bond donors (Lipinski definition) is 3. The van der Waals surface area contributed by atoms with Crippen molar-refractivity contribution in [1.82, 2.24) is 0 Å². The zero-order valence-corrected chi connectivity index (χ0v) is 69.4. The maximum Gasteiger partial charge on any atom is 0.472 e. The molecule has 0 fully saturated rings. The second-order valence-corrected chi connectivity index (χ2v) is 33.8. The van der Waals surface area contributed by atoms with Crippen LogP contribution >= 0.6 is 15.6 Å². The van der Waals surface area contributed by atoms with Crippen LogP contribution in [0.4, 0.5) is 0 Å². The molecule has 0 spiro atoms. The molecule has 0 aromatic carbocycles. The molecule has 103 heavy (non-hydrogen) atoms. The van der Waals surface area contributed by atoms with E-state index in [-0.39, 0.29) is 25.7 Å². The standard InChI is InChI=1S/C84H164O17P2/c1-7-10-12-14-16-18-20-22-24-31-35-39-43-47-54-60-66-81(86)94-72-79(100-83(88)68-63-57-49-45-41-37-33-29-27-26-28-30-34-38-42-46-52-58-64-76(4)5)74-98-102(90,91)96-70-78(85)71-97-103(92,93)99-75-80(73-95-82(87)67-61-55-51-50-53-59-65-77(6)9-3)101-84(89)69-62-56-48-44-40-36-32-25-23-21-19-17-15-13-11-8-2/h76-80,85H,7-75H2,1-6H3,(H,90,91)(H,92,93)/t77?,78-,79-,80-/m1/s1. The quantitative estimate of drug-likeness (QED) is 0.0222. The number of ether oxygens (including phenoxy) is 4. The van der Waals surface area contributed by atoms with Gasteiger partial charge in [-0.05, 0) is 37.5 Å². The van der Waals surface area contributed by atoms with E-state index < -0.39 is 97.5 Å². The van der Waals surface area contributed by atoms with Crippen LogP contribution in [0.3, 0.4) is 0 Å². The molecule has 17 nitrogen and oxygen atoms in total. The molecule has 0 heterocycles. The van der Waals surface area contributed by atoms with Gasteiger partial charge in [0.25, 0.3) is 0 Å². The van der Waals surface area contributed by atoms with Gasteiger partial charge in [0.2, 0.25) is 0 Å². The lowest BCUT2D eigenvalue weighted by molar-refractivity contribution is -0.161. The van der Waals surface area contributed by atoms with Gasteiger partial charge in [-0.15, -0.1) is 0 Å². The van der Waals surface area contributed by atoms with E-state index in [4.69, 9.17) is 37.0 Å². The van der Waals surface area contributed by atoms with E-state index in [9.17, 15) is 43.2 Å². The zero-order chi connectivity index (χ0) is 75.6. The number of aliphatic hydroxyl groups excluding tert-OH is 1. The molecule has 612 valence electrons. The molecule has 6 atom stereocenters. The third-order valence-corrected chi connectivity index (χ3v) is 22.0. The van der Waals surface area contributed by atoms with Gasteiger partial charge < -0.3 is 33.8 Å². The fourth-order valence-electron chi connectivity index (χ4n) is 13.0. The molecule has 3 N–H and O–H groups in total. The minimum atomic E-state index is -4.96. The maximum absolute atomic E-state index is 13.1. The third-order valence-electron chi connectivity index (χ3n) is 20.1. The van der Waals surface area contributed by atoms with E-state index in [0.717, 1.165) is 108 Å². The summed E-state index contributed by atoms with van der Waals surface area (Å²) in [5, 5.41) is 10.7. The van der Waals surface area contributed by atoms with E-state index in [1.165, 1.54) is 257 Å². The average Bonchev–Trinajstić information content (AvgIpc) is 0.921. The van der Waals surface area contributed by atoms with Crippen molar-refractivity contribution in [2.75, 3.05) is 39.6 Å². The number of phosphoric acid groups is 2. The van der Waals surface area contributed by atoms with E-state index >= 15 is 0 Å². The molecule has 0 aliphatic heterocycles. The van der Waals surface area contributed by atoms with Crippen molar-refractivity contribution in [3.8, 4) is 0 Å². The molecule has 0 amide bonds. The fraction of sp³-hybridized carbons (Fsp3) is 0.952. The molecule has 0 saturated heterocycles. The van der Waals surface area contributed by atoms with Gasteiger partial charge in [0.05, 0.1) is 26.4 Å². The third kappa shape index (κ3) is 76.6. The summed E-state index contributed by atoms with van der Waals surface area (Å²) in [6.45, 7) is 9.66. The summed E-state index contributed by atoms with van der Waals surface area (Å²) in [7, 11) is -9.92. The minimum Gasteiger partial charge on any atom is -0.462 e. The Bertz CT molecular complexity index is 1980. The smallest absolute Gasteiger partial charge is 0.462 e. The molecule has 0 aromatic heterocycles. The molecule has 0 saturated carbocycles. The number of aliphatic hydroxyl groups is 1. The van der Waals surface area contributed by atoms with Gasteiger partial charge in [-0.25, -0.2) is 9.13 Å². The van der Waals surface area contributed by atoms with Crippen molar-refractivity contribution in [2.45, 2.75) is 464 Å². The van der Waals surface area contributed by atoms with Crippen LogP contribution in [0.2, 0.25) is 0 Å². The number of phosphoric ester groups is 2. The second kappa shape index (κ2) is 75.5. The summed E-state index contributed by atoms with van der Waals surface area (Å²) in [6.07, 6.45) is 66.6. The summed E-state index contributed by atoms with van der Waals surface area (Å²) in [5.74, 6) is -0.553. The highest BCUT2D eigenvalue weighted by Gasteiger charge is 2.30. The number of unbranched alkanes of at least 4 members (excludes halogenated alkanes) is 52. The van der Waals surface area contributed by atoms with E-state index in [0.29, 0.717) is 25.7 Å². The van der Waals surface area contributed by atoms with Crippen LogP contribution in [0.15, 0.2) is 0 Å². The largest absolute Gasteiger partial charge is 0.472 e. The number of esters is 4. The predicted octanol–water partition coefficient (Wildman–Crippen LogP) is 25.5. The Kier molecular flexibility index (Phi) is 74.1. The topological polar surface area (TPSA) is 237 Å². The highest BCUT2D eigenvalue weighted by Crippen LogP contribution is 2.45. The van der Waals surface area contributed by atoms with Crippen LogP contribution in [0.1, 0.15) is 446 Å².